The molecule has 0 aromatic heterocycles. The molecule has 3 unspecified atom stereocenters. The molecule has 2 aliphatic rings. The number of para-hydroxylation sites is 1. The molecule has 104 valence electrons. The summed E-state index contributed by atoms with van der Waals surface area (Å²) in [6.07, 6.45) is 5.71. The van der Waals surface area contributed by atoms with Crippen LogP contribution in [-0.4, -0.2) is 28.9 Å². The summed E-state index contributed by atoms with van der Waals surface area (Å²) in [4.78, 5) is 2.33. The van der Waals surface area contributed by atoms with Crippen molar-refractivity contribution >= 4 is 5.69 Å². The maximum absolute atomic E-state index is 10.4. The fourth-order valence-corrected chi connectivity index (χ4v) is 3.54. The van der Waals surface area contributed by atoms with E-state index in [9.17, 15) is 10.2 Å². The van der Waals surface area contributed by atoms with Crippen molar-refractivity contribution in [1.82, 2.24) is 0 Å². The van der Waals surface area contributed by atoms with Crippen LogP contribution in [0, 0.1) is 0 Å². The van der Waals surface area contributed by atoms with Crippen LogP contribution in [0.3, 0.4) is 0 Å². The van der Waals surface area contributed by atoms with Gasteiger partial charge < -0.3 is 15.1 Å². The molecule has 3 nitrogen and oxygen atoms in total. The van der Waals surface area contributed by atoms with Crippen molar-refractivity contribution in [3.63, 3.8) is 0 Å². The zero-order chi connectivity index (χ0) is 13.2. The molecule has 2 N–H and O–H groups in total. The Morgan fingerprint density at radius 3 is 2.63 bits per heavy atom. The lowest BCUT2D eigenvalue weighted by molar-refractivity contribution is 0.122. The first-order chi connectivity index (χ1) is 9.27. The van der Waals surface area contributed by atoms with E-state index in [1.54, 1.807) is 0 Å². The van der Waals surface area contributed by atoms with Crippen molar-refractivity contribution in [1.29, 1.82) is 0 Å². The second-order valence-corrected chi connectivity index (χ2v) is 5.83. The number of aliphatic hydroxyl groups excluding tert-OH is 2. The summed E-state index contributed by atoms with van der Waals surface area (Å²) in [6, 6.07) is 8.31. The number of anilines is 1. The minimum Gasteiger partial charge on any atom is -0.391 e. The van der Waals surface area contributed by atoms with Gasteiger partial charge in [0.05, 0.1) is 18.2 Å². The third-order valence-electron chi connectivity index (χ3n) is 4.59. The van der Waals surface area contributed by atoms with Gasteiger partial charge in [-0.05, 0) is 25.3 Å². The largest absolute Gasteiger partial charge is 0.391 e. The molecular weight excluding hydrogens is 238 g/mol. The molecule has 1 aliphatic carbocycles. The van der Waals surface area contributed by atoms with Gasteiger partial charge in [0, 0.05) is 17.8 Å². The third-order valence-corrected chi connectivity index (χ3v) is 4.59. The molecule has 1 saturated carbocycles. The van der Waals surface area contributed by atoms with Crippen LogP contribution in [0.1, 0.15) is 50.2 Å². The van der Waals surface area contributed by atoms with Gasteiger partial charge in [-0.25, -0.2) is 0 Å². The van der Waals surface area contributed by atoms with E-state index in [-0.39, 0.29) is 18.2 Å². The third kappa shape index (κ3) is 2.49. The molecule has 0 radical (unpaired) electrons. The van der Waals surface area contributed by atoms with E-state index < -0.39 is 0 Å². The van der Waals surface area contributed by atoms with Crippen molar-refractivity contribution in [2.45, 2.75) is 56.8 Å². The normalized spacial score (nSPS) is 31.7. The van der Waals surface area contributed by atoms with Crippen LogP contribution in [0.4, 0.5) is 5.69 Å². The van der Waals surface area contributed by atoms with Gasteiger partial charge in [0.1, 0.15) is 0 Å². The monoisotopic (exact) mass is 261 g/mol. The van der Waals surface area contributed by atoms with Crippen LogP contribution >= 0.6 is 0 Å². The summed E-state index contributed by atoms with van der Waals surface area (Å²) < 4.78 is 0. The molecule has 0 spiro atoms. The van der Waals surface area contributed by atoms with E-state index in [1.807, 2.05) is 18.2 Å². The maximum atomic E-state index is 10.4. The first-order valence-electron chi connectivity index (χ1n) is 7.49. The standard InChI is InChI=1S/C16H23NO2/c18-15-10-11-17(13-7-5-4-6-12(13)15)14-8-2-1-3-9-16(14)19/h4-7,14-16,18-19H,1-3,8-11H2. The van der Waals surface area contributed by atoms with Crippen LogP contribution in [0.2, 0.25) is 0 Å². The Bertz CT molecular complexity index is 435. The Balaban J connectivity index is 1.90. The molecule has 19 heavy (non-hydrogen) atoms. The van der Waals surface area contributed by atoms with Crippen LogP contribution in [0.15, 0.2) is 24.3 Å². The quantitative estimate of drug-likeness (QED) is 0.764. The van der Waals surface area contributed by atoms with Gasteiger partial charge in [-0.15, -0.1) is 0 Å². The molecule has 1 fully saturated rings. The molecule has 0 saturated heterocycles. The van der Waals surface area contributed by atoms with E-state index >= 15 is 0 Å². The average molecular weight is 261 g/mol. The van der Waals surface area contributed by atoms with Crippen molar-refractivity contribution in [2.75, 3.05) is 11.4 Å². The second kappa shape index (κ2) is 5.51. The number of fused-ring (bicyclic) bond motifs is 1. The fraction of sp³-hybridized carbons (Fsp3) is 0.625. The molecule has 3 rings (SSSR count). The first kappa shape index (κ1) is 12.9. The summed E-state index contributed by atoms with van der Waals surface area (Å²) >= 11 is 0. The average Bonchev–Trinajstić information content (AvgIpc) is 2.65. The number of nitrogens with zero attached hydrogens (tertiary/aromatic N) is 1. The van der Waals surface area contributed by atoms with Crippen molar-refractivity contribution in [3.8, 4) is 0 Å². The molecule has 3 heteroatoms. The van der Waals surface area contributed by atoms with Gasteiger partial charge >= 0.3 is 0 Å². The molecular formula is C16H23NO2. The second-order valence-electron chi connectivity index (χ2n) is 5.83. The Kier molecular flexibility index (Phi) is 3.76. The van der Waals surface area contributed by atoms with Gasteiger partial charge in [-0.1, -0.05) is 37.5 Å². The first-order valence-corrected chi connectivity index (χ1v) is 7.49. The fourth-order valence-electron chi connectivity index (χ4n) is 3.54. The minimum atomic E-state index is -0.352. The van der Waals surface area contributed by atoms with Crippen molar-refractivity contribution in [2.24, 2.45) is 0 Å². The predicted molar refractivity (Wildman–Crippen MR) is 76.2 cm³/mol. The van der Waals surface area contributed by atoms with Crippen molar-refractivity contribution in [3.05, 3.63) is 29.8 Å². The number of aliphatic hydroxyl groups is 2. The van der Waals surface area contributed by atoms with Crippen LogP contribution in [0.5, 0.6) is 0 Å². The maximum Gasteiger partial charge on any atom is 0.0826 e. The molecule has 1 aromatic carbocycles. The highest BCUT2D eigenvalue weighted by Crippen LogP contribution is 2.37. The van der Waals surface area contributed by atoms with Gasteiger partial charge in [0.25, 0.3) is 0 Å². The zero-order valence-corrected chi connectivity index (χ0v) is 11.3. The van der Waals surface area contributed by atoms with Gasteiger partial charge in [0.2, 0.25) is 0 Å². The van der Waals surface area contributed by atoms with E-state index in [1.165, 1.54) is 12.8 Å². The van der Waals surface area contributed by atoms with Crippen LogP contribution in [0.25, 0.3) is 0 Å². The summed E-state index contributed by atoms with van der Waals surface area (Å²) in [5.41, 5.74) is 2.14. The molecule has 1 aromatic rings. The number of hydrogen-bond donors (Lipinski definition) is 2. The lowest BCUT2D eigenvalue weighted by Gasteiger charge is -2.41. The Labute approximate surface area is 114 Å². The molecule has 0 bridgehead atoms. The van der Waals surface area contributed by atoms with Crippen LogP contribution < -0.4 is 4.90 Å². The van der Waals surface area contributed by atoms with Gasteiger partial charge in [0.15, 0.2) is 0 Å². The number of hydrogen-bond acceptors (Lipinski definition) is 3. The van der Waals surface area contributed by atoms with Gasteiger partial charge in [-0.3, -0.25) is 0 Å². The van der Waals surface area contributed by atoms with Gasteiger partial charge in [-0.2, -0.15) is 0 Å². The van der Waals surface area contributed by atoms with E-state index in [0.717, 1.165) is 43.5 Å². The Hall–Kier alpha value is -1.06. The molecule has 1 aliphatic heterocycles. The molecule has 1 heterocycles. The zero-order valence-electron chi connectivity index (χ0n) is 11.3. The van der Waals surface area contributed by atoms with E-state index in [0.29, 0.717) is 0 Å². The van der Waals surface area contributed by atoms with Crippen LogP contribution in [-0.2, 0) is 0 Å². The summed E-state index contributed by atoms with van der Waals surface area (Å²) in [6.45, 7) is 0.847. The summed E-state index contributed by atoms with van der Waals surface area (Å²) in [5.74, 6) is 0. The summed E-state index contributed by atoms with van der Waals surface area (Å²) in [7, 11) is 0. The number of rotatable bonds is 1. The number of benzene rings is 1. The van der Waals surface area contributed by atoms with E-state index in [4.69, 9.17) is 0 Å². The highest BCUT2D eigenvalue weighted by molar-refractivity contribution is 5.57. The SMILES string of the molecule is OC1CCN(C2CCCCCC2O)c2ccccc21. The Morgan fingerprint density at radius 2 is 1.74 bits per heavy atom. The predicted octanol–water partition coefficient (Wildman–Crippen LogP) is 2.62. The highest BCUT2D eigenvalue weighted by atomic mass is 16.3. The van der Waals surface area contributed by atoms with Crippen molar-refractivity contribution < 1.29 is 10.2 Å². The molecule has 0 amide bonds. The lowest BCUT2D eigenvalue weighted by atomic mass is 9.94. The Morgan fingerprint density at radius 1 is 0.947 bits per heavy atom. The highest BCUT2D eigenvalue weighted by Gasteiger charge is 2.32. The van der Waals surface area contributed by atoms with E-state index in [2.05, 4.69) is 11.0 Å². The molecule has 3 atom stereocenters. The topological polar surface area (TPSA) is 43.7 Å². The summed E-state index contributed by atoms with van der Waals surface area (Å²) in [5, 5.41) is 20.5. The lowest BCUT2D eigenvalue weighted by Crippen LogP contribution is -2.46. The minimum absolute atomic E-state index is 0.219. The smallest absolute Gasteiger partial charge is 0.0826 e.